The lowest BCUT2D eigenvalue weighted by molar-refractivity contribution is -0.359. The van der Waals surface area contributed by atoms with Crippen molar-refractivity contribution in [1.82, 2.24) is 0 Å². The van der Waals surface area contributed by atoms with Gasteiger partial charge in [-0.1, -0.05) is 25.5 Å². The number of aryl methyl sites for hydroxylation is 1. The van der Waals surface area contributed by atoms with E-state index in [1.54, 1.807) is 0 Å². The van der Waals surface area contributed by atoms with E-state index in [9.17, 15) is 35.7 Å². The Hall–Kier alpha value is -2.68. The highest BCUT2D eigenvalue weighted by atomic mass is 16.7. The van der Waals surface area contributed by atoms with E-state index in [1.165, 1.54) is 18.4 Å². The van der Waals surface area contributed by atoms with Crippen molar-refractivity contribution in [2.24, 2.45) is 10.2 Å². The summed E-state index contributed by atoms with van der Waals surface area (Å²) in [5.41, 5.74) is 2.81. The molecule has 0 spiro atoms. The zero-order valence-electron chi connectivity index (χ0n) is 28.1. The number of rotatable bonds is 20. The molecule has 0 aromatic heterocycles. The molecule has 280 valence electrons. The second-order valence-corrected chi connectivity index (χ2v) is 11.9. The maximum absolute atomic E-state index is 10.7. The summed E-state index contributed by atoms with van der Waals surface area (Å²) < 4.78 is 38.6. The molecule has 2 saturated heterocycles. The third kappa shape index (κ3) is 11.7. The molecule has 2 aliphatic rings. The van der Waals surface area contributed by atoms with Gasteiger partial charge in [0.25, 0.3) is 0 Å². The normalized spacial score (nSPS) is 30.2. The predicted octanol–water partition coefficient (Wildman–Crippen LogP) is 0.497. The van der Waals surface area contributed by atoms with Gasteiger partial charge in [-0.05, 0) is 54.8 Å². The minimum absolute atomic E-state index is 0.0190. The van der Waals surface area contributed by atoms with Crippen molar-refractivity contribution in [2.75, 3.05) is 52.9 Å². The van der Waals surface area contributed by atoms with E-state index in [4.69, 9.17) is 33.2 Å². The van der Waals surface area contributed by atoms with Crippen molar-refractivity contribution in [1.29, 1.82) is 0 Å². The molecule has 2 aliphatic heterocycles. The SMILES string of the molecule is CCCCc1ccc(N=Nc2ccc(OCCOCCOCCO[C@@H]3O[C@H](CO)[C@@H](O[C@H]4O[C@H](CO)[C@@H](O)[C@H](O)[C@H]4O)[C@H](O)[C@H]3O)cc2)cc1. The topological polar surface area (TPSA) is 231 Å². The Morgan fingerprint density at radius 3 is 1.80 bits per heavy atom. The fourth-order valence-corrected chi connectivity index (χ4v) is 5.29. The first-order valence-electron chi connectivity index (χ1n) is 16.8. The fraction of sp³-hybridized carbons (Fsp3) is 0.647. The molecule has 50 heavy (non-hydrogen) atoms. The first-order chi connectivity index (χ1) is 24.2. The molecule has 0 unspecified atom stereocenters. The van der Waals surface area contributed by atoms with Crippen molar-refractivity contribution >= 4 is 11.4 Å². The third-order valence-electron chi connectivity index (χ3n) is 8.21. The van der Waals surface area contributed by atoms with Gasteiger partial charge in [0.05, 0.1) is 57.6 Å². The molecule has 10 atom stereocenters. The molecule has 0 saturated carbocycles. The van der Waals surface area contributed by atoms with Crippen molar-refractivity contribution in [3.63, 3.8) is 0 Å². The minimum atomic E-state index is -1.75. The number of benzene rings is 2. The number of hydrogen-bond donors (Lipinski definition) is 7. The lowest BCUT2D eigenvalue weighted by atomic mass is 9.97. The number of unbranched alkanes of at least 4 members (excludes halogenated alkanes) is 1. The molecular formula is C34H50N2O14. The molecule has 2 aromatic rings. The average Bonchev–Trinajstić information content (AvgIpc) is 3.14. The highest BCUT2D eigenvalue weighted by Crippen LogP contribution is 2.29. The Labute approximate surface area is 290 Å². The van der Waals surface area contributed by atoms with Crippen molar-refractivity contribution < 1.29 is 68.9 Å². The van der Waals surface area contributed by atoms with Crippen LogP contribution in [0, 0.1) is 0 Å². The standard InChI is InChI=1S/C34H50N2O14/c1-2-3-4-21-5-7-22(8-6-21)35-36-23-9-11-24(12-10-23)46-17-15-44-13-14-45-16-18-47-33-31(43)29(41)32(26(20-38)49-33)50-34-30(42)28(40)27(39)25(19-37)48-34/h5-12,25-34,37-43H,2-4,13-20H2,1H3/t25-,26-,27-,28+,29-,30-,31-,32-,33-,34-/m1/s1. The summed E-state index contributed by atoms with van der Waals surface area (Å²) in [6.45, 7) is 2.17. The molecule has 4 rings (SSSR count). The molecule has 0 bridgehead atoms. The molecular weight excluding hydrogens is 660 g/mol. The monoisotopic (exact) mass is 710 g/mol. The Bertz CT molecular complexity index is 1250. The van der Waals surface area contributed by atoms with Gasteiger partial charge in [0.1, 0.15) is 61.2 Å². The summed E-state index contributed by atoms with van der Waals surface area (Å²) >= 11 is 0. The van der Waals surface area contributed by atoms with Gasteiger partial charge in [-0.3, -0.25) is 0 Å². The number of aliphatic hydroxyl groups excluding tert-OH is 7. The van der Waals surface area contributed by atoms with Crippen molar-refractivity contribution in [3.05, 3.63) is 54.1 Å². The summed E-state index contributed by atoms with van der Waals surface area (Å²) in [6.07, 6.45) is -11.7. The van der Waals surface area contributed by atoms with Crippen LogP contribution in [0.1, 0.15) is 25.3 Å². The van der Waals surface area contributed by atoms with Gasteiger partial charge in [-0.15, -0.1) is 0 Å². The van der Waals surface area contributed by atoms with Crippen LogP contribution in [0.2, 0.25) is 0 Å². The summed E-state index contributed by atoms with van der Waals surface area (Å²) in [4.78, 5) is 0. The first-order valence-corrected chi connectivity index (χ1v) is 16.8. The Balaban J connectivity index is 1.06. The number of ether oxygens (including phenoxy) is 7. The van der Waals surface area contributed by atoms with Gasteiger partial charge in [0.15, 0.2) is 12.6 Å². The largest absolute Gasteiger partial charge is 0.491 e. The van der Waals surface area contributed by atoms with Crippen LogP contribution in [0.4, 0.5) is 11.4 Å². The van der Waals surface area contributed by atoms with Gasteiger partial charge < -0.3 is 68.9 Å². The highest BCUT2D eigenvalue weighted by molar-refractivity contribution is 5.43. The second kappa shape index (κ2) is 21.0. The quantitative estimate of drug-likeness (QED) is 0.0733. The van der Waals surface area contributed by atoms with Crippen LogP contribution >= 0.6 is 0 Å². The van der Waals surface area contributed by atoms with E-state index in [0.717, 1.165) is 12.1 Å². The Morgan fingerprint density at radius 1 is 0.620 bits per heavy atom. The molecule has 7 N–H and O–H groups in total. The lowest BCUT2D eigenvalue weighted by Gasteiger charge is -2.45. The summed E-state index contributed by atoms with van der Waals surface area (Å²) in [6, 6.07) is 15.4. The van der Waals surface area contributed by atoms with Crippen LogP contribution in [-0.4, -0.2) is 150 Å². The highest BCUT2D eigenvalue weighted by Gasteiger charge is 2.50. The molecule has 16 heteroatoms. The van der Waals surface area contributed by atoms with E-state index in [2.05, 4.69) is 29.3 Å². The van der Waals surface area contributed by atoms with Crippen molar-refractivity contribution in [2.45, 2.75) is 87.6 Å². The lowest BCUT2D eigenvalue weighted by Crippen LogP contribution is -2.64. The number of aliphatic hydroxyl groups is 7. The number of azo groups is 1. The van der Waals surface area contributed by atoms with Gasteiger partial charge in [0.2, 0.25) is 0 Å². The zero-order valence-corrected chi connectivity index (χ0v) is 28.1. The summed E-state index contributed by atoms with van der Waals surface area (Å²) in [5.74, 6) is 0.675. The smallest absolute Gasteiger partial charge is 0.187 e. The van der Waals surface area contributed by atoms with Gasteiger partial charge in [-0.25, -0.2) is 0 Å². The van der Waals surface area contributed by atoms with E-state index in [-0.39, 0.29) is 19.8 Å². The maximum atomic E-state index is 10.7. The van der Waals surface area contributed by atoms with E-state index >= 15 is 0 Å². The molecule has 2 aromatic carbocycles. The van der Waals surface area contributed by atoms with Crippen LogP contribution in [0.5, 0.6) is 5.75 Å². The van der Waals surface area contributed by atoms with E-state index < -0.39 is 74.6 Å². The Kier molecular flexibility index (Phi) is 16.8. The van der Waals surface area contributed by atoms with E-state index in [1.807, 2.05) is 36.4 Å². The molecule has 2 heterocycles. The third-order valence-corrected chi connectivity index (χ3v) is 8.21. The molecule has 0 radical (unpaired) electrons. The van der Waals surface area contributed by atoms with Gasteiger partial charge in [0, 0.05) is 0 Å². The van der Waals surface area contributed by atoms with Crippen molar-refractivity contribution in [3.8, 4) is 5.75 Å². The van der Waals surface area contributed by atoms with Crippen LogP contribution in [0.15, 0.2) is 58.8 Å². The van der Waals surface area contributed by atoms with Crippen LogP contribution in [0.25, 0.3) is 0 Å². The molecule has 0 aliphatic carbocycles. The summed E-state index contributed by atoms with van der Waals surface area (Å²) in [7, 11) is 0. The average molecular weight is 711 g/mol. The van der Waals surface area contributed by atoms with Crippen LogP contribution < -0.4 is 4.74 Å². The van der Waals surface area contributed by atoms with Gasteiger partial charge >= 0.3 is 0 Å². The van der Waals surface area contributed by atoms with Crippen LogP contribution in [0.3, 0.4) is 0 Å². The number of nitrogens with zero attached hydrogens (tertiary/aromatic N) is 2. The summed E-state index contributed by atoms with van der Waals surface area (Å²) in [5, 5.41) is 79.1. The molecule has 16 nitrogen and oxygen atoms in total. The molecule has 2 fully saturated rings. The molecule has 0 amide bonds. The van der Waals surface area contributed by atoms with E-state index in [0.29, 0.717) is 31.3 Å². The second-order valence-electron chi connectivity index (χ2n) is 11.9. The fourth-order valence-electron chi connectivity index (χ4n) is 5.29. The predicted molar refractivity (Wildman–Crippen MR) is 175 cm³/mol. The Morgan fingerprint density at radius 2 is 1.18 bits per heavy atom. The minimum Gasteiger partial charge on any atom is -0.491 e. The van der Waals surface area contributed by atoms with Crippen LogP contribution in [-0.2, 0) is 34.8 Å². The zero-order chi connectivity index (χ0) is 35.9. The maximum Gasteiger partial charge on any atom is 0.187 e. The number of hydrogen-bond acceptors (Lipinski definition) is 16. The first kappa shape index (κ1) is 40.1. The van der Waals surface area contributed by atoms with Gasteiger partial charge in [-0.2, -0.15) is 10.2 Å².